The van der Waals surface area contributed by atoms with Gasteiger partial charge in [0.15, 0.2) is 18.1 Å². The maximum atomic E-state index is 14.2. The molecule has 298 valence electrons. The molecule has 3 aliphatic rings. The highest BCUT2D eigenvalue weighted by Crippen LogP contribution is 2.54. The lowest BCUT2D eigenvalue weighted by atomic mass is 9.78. The quantitative estimate of drug-likeness (QED) is 0.187. The average molecular weight is 770 g/mol. The highest BCUT2D eigenvalue weighted by molar-refractivity contribution is 6.21. The van der Waals surface area contributed by atoms with E-state index in [1.165, 1.54) is 66.9 Å². The third-order valence-corrected chi connectivity index (χ3v) is 9.99. The number of fused-ring (bicyclic) bond motifs is 14. The maximum Gasteiger partial charge on any atom is 0.341 e. The number of carboxylic acids is 1. The Balaban J connectivity index is 1.95. The first-order valence-corrected chi connectivity index (χ1v) is 17.4. The van der Waals surface area contributed by atoms with Gasteiger partial charge in [0.1, 0.15) is 29.0 Å². The number of aliphatic carboxylic acids is 1. The molecule has 6 N–H and O–H groups in total. The molecular formula is C39H47NO15. The van der Waals surface area contributed by atoms with Crippen molar-refractivity contribution in [3.05, 3.63) is 53.3 Å². The van der Waals surface area contributed by atoms with Gasteiger partial charge in [0.05, 0.1) is 35.1 Å². The number of carbonyl (C=O) groups excluding carboxylic acids is 4. The zero-order valence-electron chi connectivity index (χ0n) is 32.0. The third-order valence-electron chi connectivity index (χ3n) is 9.99. The van der Waals surface area contributed by atoms with Crippen molar-refractivity contribution in [1.29, 1.82) is 0 Å². The summed E-state index contributed by atoms with van der Waals surface area (Å²) in [4.78, 5) is 64.8. The molecule has 0 fully saturated rings. The Morgan fingerprint density at radius 1 is 1.02 bits per heavy atom. The first-order valence-electron chi connectivity index (χ1n) is 17.4. The number of hydrogen-bond acceptors (Lipinski definition) is 14. The number of amides is 1. The lowest BCUT2D eigenvalue weighted by molar-refractivity contribution is -0.160. The van der Waals surface area contributed by atoms with Crippen LogP contribution in [0.1, 0.15) is 64.4 Å². The smallest absolute Gasteiger partial charge is 0.341 e. The van der Waals surface area contributed by atoms with Crippen LogP contribution in [0, 0.1) is 24.7 Å². The molecule has 5 rings (SSSR count). The molecule has 0 aromatic heterocycles. The van der Waals surface area contributed by atoms with Crippen LogP contribution in [0.4, 0.5) is 5.69 Å². The molecule has 0 unspecified atom stereocenters. The van der Waals surface area contributed by atoms with Gasteiger partial charge in [-0.15, -0.1) is 0 Å². The molecule has 0 saturated carbocycles. The van der Waals surface area contributed by atoms with Crippen molar-refractivity contribution in [2.45, 2.75) is 85.1 Å². The van der Waals surface area contributed by atoms with Crippen molar-refractivity contribution in [2.24, 2.45) is 17.8 Å². The number of anilines is 1. The van der Waals surface area contributed by atoms with Crippen molar-refractivity contribution in [3.63, 3.8) is 0 Å². The number of aromatic hydroxyl groups is 2. The summed E-state index contributed by atoms with van der Waals surface area (Å²) in [6.45, 7) is 10.2. The molecule has 5 bridgehead atoms. The summed E-state index contributed by atoms with van der Waals surface area (Å²) >= 11 is 0. The van der Waals surface area contributed by atoms with Crippen molar-refractivity contribution in [3.8, 4) is 23.0 Å². The number of ketones is 2. The van der Waals surface area contributed by atoms with E-state index in [0.717, 1.165) is 18.4 Å². The summed E-state index contributed by atoms with van der Waals surface area (Å²) in [5.41, 5.74) is -2.66. The number of allylic oxidation sites excluding steroid dienone is 2. The molecule has 16 nitrogen and oxygen atoms in total. The number of esters is 1. The second-order valence-electron chi connectivity index (χ2n) is 14.2. The fourth-order valence-electron chi connectivity index (χ4n) is 6.77. The second kappa shape index (κ2) is 16.1. The van der Waals surface area contributed by atoms with Gasteiger partial charge in [-0.05, 0) is 32.9 Å². The highest BCUT2D eigenvalue weighted by atomic mass is 16.7. The van der Waals surface area contributed by atoms with E-state index >= 15 is 0 Å². The minimum absolute atomic E-state index is 0.00200. The molecule has 2 aromatic rings. The van der Waals surface area contributed by atoms with Crippen molar-refractivity contribution >= 4 is 45.9 Å². The molecule has 0 spiro atoms. The minimum atomic E-state index is -2.13. The van der Waals surface area contributed by atoms with E-state index in [2.05, 4.69) is 5.32 Å². The molecule has 3 heterocycles. The predicted octanol–water partition coefficient (Wildman–Crippen LogP) is 3.84. The Bertz CT molecular complexity index is 2000. The molecule has 0 aliphatic carbocycles. The van der Waals surface area contributed by atoms with E-state index in [9.17, 15) is 49.5 Å². The fourth-order valence-corrected chi connectivity index (χ4v) is 6.77. The predicted molar refractivity (Wildman–Crippen MR) is 196 cm³/mol. The van der Waals surface area contributed by atoms with Crippen molar-refractivity contribution in [2.75, 3.05) is 19.0 Å². The molecule has 1 amide bonds. The van der Waals surface area contributed by atoms with Crippen molar-refractivity contribution in [1.82, 2.24) is 0 Å². The maximum absolute atomic E-state index is 14.2. The Labute approximate surface area is 317 Å². The molecule has 8 atom stereocenters. The zero-order chi connectivity index (χ0) is 41.3. The second-order valence-corrected chi connectivity index (χ2v) is 14.2. The molecule has 55 heavy (non-hydrogen) atoms. The van der Waals surface area contributed by atoms with E-state index in [4.69, 9.17) is 23.7 Å². The van der Waals surface area contributed by atoms with Gasteiger partial charge in [-0.25, -0.2) is 4.79 Å². The summed E-state index contributed by atoms with van der Waals surface area (Å²) in [7, 11) is 1.37. The normalized spacial score (nSPS) is 31.2. The van der Waals surface area contributed by atoms with Crippen LogP contribution < -0.4 is 14.8 Å². The summed E-state index contributed by atoms with van der Waals surface area (Å²) in [6, 6.07) is 1.08. The number of phenols is 2. The Morgan fingerprint density at radius 3 is 2.27 bits per heavy atom. The van der Waals surface area contributed by atoms with Crippen LogP contribution in [0.25, 0.3) is 10.8 Å². The number of carbonyl (C=O) groups is 5. The lowest BCUT2D eigenvalue weighted by Gasteiger charge is -2.37. The molecule has 16 heteroatoms. The van der Waals surface area contributed by atoms with Gasteiger partial charge in [0.2, 0.25) is 0 Å². The lowest BCUT2D eigenvalue weighted by Crippen LogP contribution is -2.48. The van der Waals surface area contributed by atoms with Crippen LogP contribution in [-0.2, 0) is 33.4 Å². The van der Waals surface area contributed by atoms with Crippen LogP contribution in [0.15, 0.2) is 42.2 Å². The number of Topliss-reactive ketones (excluding diaryl/α,β-unsaturated/α-hetero) is 2. The van der Waals surface area contributed by atoms with E-state index in [1.54, 1.807) is 13.8 Å². The van der Waals surface area contributed by atoms with Gasteiger partial charge >= 0.3 is 17.7 Å². The number of methoxy groups -OCH3 is 1. The van der Waals surface area contributed by atoms with Crippen LogP contribution in [0.5, 0.6) is 23.0 Å². The molecule has 0 radical (unpaired) electrons. The van der Waals surface area contributed by atoms with E-state index in [1.807, 2.05) is 0 Å². The molecule has 2 aromatic carbocycles. The highest BCUT2D eigenvalue weighted by Gasteiger charge is 2.50. The standard InChI is InChI=1S/C39H47NO15/c1-17-11-10-13-38(7,50)35(47)21(5)30(44)19(3)33(54-22(6)41)18(2)24(51-9)12-14-53-39(8)36(48)29-27-25(52-16-26(42)43)15-23(40-37(17)49)32(46)28(27)31(45)20(4)34(29)55-39/h10-15,18-19,21,24,30,33,44-46,50H,16H2,1-9H3,(H,40,49)(H,42,43)/b13-10-,14-12-,17-11-/t18-,19-,21-,24+,30+,33+,38-,39+/m1/s1. The number of aliphatic hydroxyl groups is 2. The van der Waals surface area contributed by atoms with Gasteiger partial charge in [-0.1, -0.05) is 32.9 Å². The van der Waals surface area contributed by atoms with Crippen molar-refractivity contribution < 1.29 is 73.2 Å². The Kier molecular flexibility index (Phi) is 12.4. The molecule has 0 saturated heterocycles. The van der Waals surface area contributed by atoms with Gasteiger partial charge in [-0.3, -0.25) is 19.2 Å². The van der Waals surface area contributed by atoms with Gasteiger partial charge < -0.3 is 54.5 Å². The van der Waals surface area contributed by atoms with E-state index < -0.39 is 95.0 Å². The van der Waals surface area contributed by atoms with Gasteiger partial charge in [-0.2, -0.15) is 0 Å². The van der Waals surface area contributed by atoms with Crippen LogP contribution in [0.3, 0.4) is 0 Å². The van der Waals surface area contributed by atoms with Gasteiger partial charge in [0, 0.05) is 61.3 Å². The summed E-state index contributed by atoms with van der Waals surface area (Å²) in [5.74, 6) is -11.0. The first kappa shape index (κ1) is 42.3. The Morgan fingerprint density at radius 2 is 1.67 bits per heavy atom. The molecular weight excluding hydrogens is 722 g/mol. The fraction of sp³-hybridized carbons (Fsp3) is 0.462. The van der Waals surface area contributed by atoms with Crippen LogP contribution in [-0.4, -0.2) is 98.4 Å². The number of hydrogen-bond donors (Lipinski definition) is 6. The topological polar surface area (TPSA) is 245 Å². The van der Waals surface area contributed by atoms with E-state index in [-0.39, 0.29) is 44.7 Å². The number of benzene rings is 2. The molecule has 3 aliphatic heterocycles. The summed E-state index contributed by atoms with van der Waals surface area (Å²) < 4.78 is 28.7. The number of nitrogens with one attached hydrogen (secondary N) is 1. The number of ether oxygens (including phenoxy) is 5. The van der Waals surface area contributed by atoms with Crippen LogP contribution >= 0.6 is 0 Å². The summed E-state index contributed by atoms with van der Waals surface area (Å²) in [5, 5.41) is 56.7. The SMILES string of the molecule is CO[C@H]1/C=C\O[C@@]2(C)Oc3c(C)c(O)c4c(O)c(cc(OCC(=O)O)c4c3C2=O)NC(=O)/C(C)=C\C=C/[C@@](C)(O)C(=O)[C@H](C)[C@@H](O)[C@@H](C)[C@@H](OC(C)=O)[C@@H]1C. The first-order chi connectivity index (χ1) is 25.6. The minimum Gasteiger partial charge on any atom is -0.507 e. The van der Waals surface area contributed by atoms with E-state index in [0.29, 0.717) is 0 Å². The summed E-state index contributed by atoms with van der Waals surface area (Å²) in [6.07, 6.45) is 2.81. The zero-order valence-corrected chi connectivity index (χ0v) is 32.0. The third kappa shape index (κ3) is 8.30. The number of carboxylic acid groups (broad SMARTS) is 1. The monoisotopic (exact) mass is 769 g/mol. The van der Waals surface area contributed by atoms with Crippen LogP contribution in [0.2, 0.25) is 0 Å². The number of aliphatic hydroxyl groups excluding tert-OH is 1. The Hall–Kier alpha value is -5.45. The average Bonchev–Trinajstić information content (AvgIpc) is 3.38. The largest absolute Gasteiger partial charge is 0.507 e. The van der Waals surface area contributed by atoms with Gasteiger partial charge in [0.25, 0.3) is 11.7 Å². The number of rotatable bonds is 5. The number of phenolic OH excluding ortho intramolecular Hbond substituents is 2.